The number of ether oxygens (including phenoxy) is 1. The quantitative estimate of drug-likeness (QED) is 0.715. The highest BCUT2D eigenvalue weighted by Crippen LogP contribution is 2.23. The number of nitrogens with zero attached hydrogens (tertiary/aromatic N) is 1. The fourth-order valence-corrected chi connectivity index (χ4v) is 2.82. The van der Waals surface area contributed by atoms with Gasteiger partial charge in [0, 0.05) is 11.6 Å². The highest BCUT2D eigenvalue weighted by Gasteiger charge is 2.11. The van der Waals surface area contributed by atoms with Crippen LogP contribution in [0.2, 0.25) is 0 Å². The molecule has 0 spiro atoms. The first-order valence-corrected chi connectivity index (χ1v) is 7.95. The van der Waals surface area contributed by atoms with Crippen molar-refractivity contribution < 1.29 is 9.13 Å². The lowest BCUT2D eigenvalue weighted by molar-refractivity contribution is 0.414. The molecule has 1 heterocycles. The van der Waals surface area contributed by atoms with E-state index in [4.69, 9.17) is 4.74 Å². The van der Waals surface area contributed by atoms with E-state index >= 15 is 0 Å². The van der Waals surface area contributed by atoms with E-state index < -0.39 is 0 Å². The lowest BCUT2D eigenvalue weighted by atomic mass is 9.99. The van der Waals surface area contributed by atoms with Gasteiger partial charge in [0.15, 0.2) is 0 Å². The van der Waals surface area contributed by atoms with Gasteiger partial charge in [0.05, 0.1) is 13.7 Å². The van der Waals surface area contributed by atoms with E-state index in [1.54, 1.807) is 30.0 Å². The van der Waals surface area contributed by atoms with Crippen LogP contribution in [0.5, 0.6) is 5.75 Å². The maximum Gasteiger partial charge on any atom is 0.258 e. The van der Waals surface area contributed by atoms with Crippen molar-refractivity contribution in [1.82, 2.24) is 4.57 Å². The molecule has 0 N–H and O–H groups in total. The average molecular weight is 325 g/mol. The molecule has 0 aliphatic heterocycles. The number of halogens is 1. The third-order valence-electron chi connectivity index (χ3n) is 4.23. The van der Waals surface area contributed by atoms with Crippen LogP contribution in [-0.2, 0) is 6.54 Å². The summed E-state index contributed by atoms with van der Waals surface area (Å²) >= 11 is 0. The molecule has 0 atom stereocenters. The van der Waals surface area contributed by atoms with E-state index in [1.165, 1.54) is 6.07 Å². The fourth-order valence-electron chi connectivity index (χ4n) is 2.82. The third kappa shape index (κ3) is 3.04. The third-order valence-corrected chi connectivity index (χ3v) is 4.23. The monoisotopic (exact) mass is 325 g/mol. The van der Waals surface area contributed by atoms with Gasteiger partial charge < -0.3 is 9.30 Å². The van der Waals surface area contributed by atoms with Gasteiger partial charge in [-0.25, -0.2) is 4.39 Å². The summed E-state index contributed by atoms with van der Waals surface area (Å²) in [5.74, 6) is 0.551. The second-order valence-corrected chi connectivity index (χ2v) is 6.21. The predicted octanol–water partition coefficient (Wildman–Crippen LogP) is 4.32. The molecule has 1 aromatic heterocycles. The summed E-state index contributed by atoms with van der Waals surface area (Å²) in [7, 11) is 1.62. The number of hydrogen-bond donors (Lipinski definition) is 0. The standard InChI is InChI=1S/C20H20FNO2/c1-13(2)17-11-18-15(10-19(17)21)8-9-22(20(18)23)12-14-4-6-16(24-3)7-5-14/h4-11,13H,12H2,1-3H3. The lowest BCUT2D eigenvalue weighted by Crippen LogP contribution is -2.20. The second-order valence-electron chi connectivity index (χ2n) is 6.21. The average Bonchev–Trinajstić information content (AvgIpc) is 2.57. The number of benzene rings is 2. The van der Waals surface area contributed by atoms with Crippen LogP contribution in [0.1, 0.15) is 30.9 Å². The van der Waals surface area contributed by atoms with Gasteiger partial charge >= 0.3 is 0 Å². The van der Waals surface area contributed by atoms with Crippen molar-refractivity contribution in [2.45, 2.75) is 26.3 Å². The minimum atomic E-state index is -0.259. The molecule has 0 bridgehead atoms. The Balaban J connectivity index is 2.04. The molecule has 0 unspecified atom stereocenters. The zero-order valence-corrected chi connectivity index (χ0v) is 14.0. The molecule has 0 radical (unpaired) electrons. The molecule has 3 rings (SSSR count). The zero-order valence-electron chi connectivity index (χ0n) is 14.0. The van der Waals surface area contributed by atoms with Crippen molar-refractivity contribution in [3.8, 4) is 5.75 Å². The Bertz CT molecular complexity index is 927. The Morgan fingerprint density at radius 3 is 2.46 bits per heavy atom. The number of methoxy groups -OCH3 is 1. The van der Waals surface area contributed by atoms with Crippen LogP contribution in [-0.4, -0.2) is 11.7 Å². The first-order valence-electron chi connectivity index (χ1n) is 7.95. The van der Waals surface area contributed by atoms with Gasteiger partial charge in [-0.1, -0.05) is 26.0 Å². The van der Waals surface area contributed by atoms with Gasteiger partial charge in [0.2, 0.25) is 0 Å². The van der Waals surface area contributed by atoms with E-state index in [-0.39, 0.29) is 17.3 Å². The Labute approximate surface area is 140 Å². The van der Waals surface area contributed by atoms with Crippen molar-refractivity contribution in [2.24, 2.45) is 0 Å². The van der Waals surface area contributed by atoms with Crippen molar-refractivity contribution in [2.75, 3.05) is 7.11 Å². The second kappa shape index (κ2) is 6.48. The van der Waals surface area contributed by atoms with Gasteiger partial charge in [-0.3, -0.25) is 4.79 Å². The Morgan fingerprint density at radius 1 is 1.12 bits per heavy atom. The Hall–Kier alpha value is -2.62. The smallest absolute Gasteiger partial charge is 0.258 e. The van der Waals surface area contributed by atoms with Crippen molar-refractivity contribution in [1.29, 1.82) is 0 Å². The van der Waals surface area contributed by atoms with E-state index in [9.17, 15) is 9.18 Å². The molecule has 0 amide bonds. The number of hydrogen-bond acceptors (Lipinski definition) is 2. The molecule has 0 aliphatic carbocycles. The summed E-state index contributed by atoms with van der Waals surface area (Å²) in [6.45, 7) is 4.30. The largest absolute Gasteiger partial charge is 0.497 e. The van der Waals surface area contributed by atoms with E-state index in [1.807, 2.05) is 38.1 Å². The molecular formula is C20H20FNO2. The van der Waals surface area contributed by atoms with Crippen LogP contribution in [0.4, 0.5) is 4.39 Å². The highest BCUT2D eigenvalue weighted by molar-refractivity contribution is 5.82. The summed E-state index contributed by atoms with van der Waals surface area (Å²) < 4.78 is 20.9. The number of pyridine rings is 1. The normalized spacial score (nSPS) is 11.2. The molecule has 3 nitrogen and oxygen atoms in total. The maximum absolute atomic E-state index is 14.1. The molecule has 0 aliphatic rings. The van der Waals surface area contributed by atoms with Crippen LogP contribution in [0, 0.1) is 5.82 Å². The van der Waals surface area contributed by atoms with Gasteiger partial charge in [-0.15, -0.1) is 0 Å². The fraction of sp³-hybridized carbons (Fsp3) is 0.250. The van der Waals surface area contributed by atoms with Crippen LogP contribution in [0.3, 0.4) is 0 Å². The van der Waals surface area contributed by atoms with Gasteiger partial charge in [-0.05, 0) is 52.8 Å². The van der Waals surface area contributed by atoms with Gasteiger partial charge in [-0.2, -0.15) is 0 Å². The zero-order chi connectivity index (χ0) is 17.3. The van der Waals surface area contributed by atoms with Gasteiger partial charge in [0.1, 0.15) is 11.6 Å². The molecule has 0 saturated carbocycles. The SMILES string of the molecule is COc1ccc(Cn2ccc3cc(F)c(C(C)C)cc3c2=O)cc1. The van der Waals surface area contributed by atoms with E-state index in [0.717, 1.165) is 11.3 Å². The molecule has 24 heavy (non-hydrogen) atoms. The van der Waals surface area contributed by atoms with E-state index in [2.05, 4.69) is 0 Å². The molecule has 0 saturated heterocycles. The number of fused-ring (bicyclic) bond motifs is 1. The summed E-state index contributed by atoms with van der Waals surface area (Å²) in [6.07, 6.45) is 1.71. The molecule has 4 heteroatoms. The van der Waals surface area contributed by atoms with Crippen LogP contribution in [0.25, 0.3) is 10.8 Å². The molecule has 124 valence electrons. The van der Waals surface area contributed by atoms with Crippen molar-refractivity contribution >= 4 is 10.8 Å². The molecule has 2 aromatic carbocycles. The van der Waals surface area contributed by atoms with Crippen LogP contribution in [0.15, 0.2) is 53.5 Å². The summed E-state index contributed by atoms with van der Waals surface area (Å²) in [5.41, 5.74) is 1.47. The number of aromatic nitrogens is 1. The molecule has 3 aromatic rings. The minimum Gasteiger partial charge on any atom is -0.497 e. The van der Waals surface area contributed by atoms with Gasteiger partial charge in [0.25, 0.3) is 5.56 Å². The number of rotatable bonds is 4. The van der Waals surface area contributed by atoms with Crippen LogP contribution < -0.4 is 10.3 Å². The highest BCUT2D eigenvalue weighted by atomic mass is 19.1. The van der Waals surface area contributed by atoms with Crippen LogP contribution >= 0.6 is 0 Å². The first-order chi connectivity index (χ1) is 11.5. The van der Waals surface area contributed by atoms with E-state index in [0.29, 0.717) is 22.9 Å². The predicted molar refractivity (Wildman–Crippen MR) is 94.4 cm³/mol. The maximum atomic E-state index is 14.1. The Morgan fingerprint density at radius 2 is 1.83 bits per heavy atom. The minimum absolute atomic E-state index is 0.0315. The summed E-state index contributed by atoms with van der Waals surface area (Å²) in [5, 5.41) is 1.18. The summed E-state index contributed by atoms with van der Waals surface area (Å²) in [4.78, 5) is 12.8. The van der Waals surface area contributed by atoms with Crippen molar-refractivity contribution in [3.05, 3.63) is 76.0 Å². The summed E-state index contributed by atoms with van der Waals surface area (Å²) in [6, 6.07) is 12.5. The molecule has 0 fully saturated rings. The molecular weight excluding hydrogens is 305 g/mol. The lowest BCUT2D eigenvalue weighted by Gasteiger charge is -2.11. The van der Waals surface area contributed by atoms with Crippen molar-refractivity contribution in [3.63, 3.8) is 0 Å². The topological polar surface area (TPSA) is 31.2 Å². The Kier molecular flexibility index (Phi) is 4.38. The first kappa shape index (κ1) is 16.2.